The third kappa shape index (κ3) is 5.66. The second kappa shape index (κ2) is 9.70. The van der Waals surface area contributed by atoms with E-state index in [0.29, 0.717) is 0 Å². The second-order valence-corrected chi connectivity index (χ2v) is 7.32. The smallest absolute Gasteiger partial charge is 0.319 e. The molecule has 0 unspecified atom stereocenters. The lowest BCUT2D eigenvalue weighted by atomic mass is 9.98. The van der Waals surface area contributed by atoms with Gasteiger partial charge in [-0.15, -0.1) is 11.8 Å². The molecule has 0 bridgehead atoms. The van der Waals surface area contributed by atoms with Crippen molar-refractivity contribution < 1.29 is 9.59 Å². The Hall–Kier alpha value is -1.69. The van der Waals surface area contributed by atoms with Crippen LogP contribution in [0.5, 0.6) is 0 Å². The van der Waals surface area contributed by atoms with Crippen LogP contribution in [-0.4, -0.2) is 42.2 Å². The van der Waals surface area contributed by atoms with E-state index in [4.69, 9.17) is 0 Å². The van der Waals surface area contributed by atoms with Gasteiger partial charge >= 0.3 is 6.03 Å². The molecule has 1 aliphatic rings. The van der Waals surface area contributed by atoms with Gasteiger partial charge < -0.3 is 15.5 Å². The van der Waals surface area contributed by atoms with Crippen molar-refractivity contribution in [2.45, 2.75) is 50.5 Å². The highest BCUT2D eigenvalue weighted by molar-refractivity contribution is 7.98. The van der Waals surface area contributed by atoms with Gasteiger partial charge in [-0.1, -0.05) is 19.9 Å². The van der Waals surface area contributed by atoms with Gasteiger partial charge in [-0.25, -0.2) is 4.79 Å². The largest absolute Gasteiger partial charge is 0.342 e. The summed E-state index contributed by atoms with van der Waals surface area (Å²) < 4.78 is 0. The third-order valence-corrected chi connectivity index (χ3v) is 5.53. The number of urea groups is 1. The van der Waals surface area contributed by atoms with Crippen molar-refractivity contribution in [2.24, 2.45) is 5.92 Å². The molecular weight excluding hydrogens is 334 g/mol. The van der Waals surface area contributed by atoms with E-state index in [1.807, 2.05) is 35.4 Å². The van der Waals surface area contributed by atoms with Crippen molar-refractivity contribution in [3.8, 4) is 0 Å². The summed E-state index contributed by atoms with van der Waals surface area (Å²) in [5.74, 6) is 0.401. The lowest BCUT2D eigenvalue weighted by Crippen LogP contribution is -2.48. The van der Waals surface area contributed by atoms with Crippen LogP contribution in [0.3, 0.4) is 0 Å². The highest BCUT2D eigenvalue weighted by Crippen LogP contribution is 2.20. The fourth-order valence-electron chi connectivity index (χ4n) is 3.19. The highest BCUT2D eigenvalue weighted by Gasteiger charge is 2.27. The number of benzene rings is 1. The van der Waals surface area contributed by atoms with E-state index >= 15 is 0 Å². The van der Waals surface area contributed by atoms with Gasteiger partial charge in [0.25, 0.3) is 0 Å². The number of nitrogens with zero attached hydrogens (tertiary/aromatic N) is 1. The summed E-state index contributed by atoms with van der Waals surface area (Å²) in [7, 11) is 0. The molecule has 1 aromatic carbocycles. The van der Waals surface area contributed by atoms with Crippen LogP contribution >= 0.6 is 11.8 Å². The van der Waals surface area contributed by atoms with Crippen LogP contribution in [0, 0.1) is 5.92 Å². The number of carbonyl (C=O) groups excluding carboxylic acids is 2. The van der Waals surface area contributed by atoms with Crippen molar-refractivity contribution in [1.82, 2.24) is 10.2 Å². The molecule has 0 saturated carbocycles. The lowest BCUT2D eigenvalue weighted by Gasteiger charge is -2.34. The number of anilines is 1. The Labute approximate surface area is 154 Å². The van der Waals surface area contributed by atoms with Crippen LogP contribution in [0.25, 0.3) is 0 Å². The number of carbonyl (C=O) groups is 2. The Morgan fingerprint density at radius 2 is 1.92 bits per heavy atom. The zero-order chi connectivity index (χ0) is 18.2. The maximum atomic E-state index is 12.4. The van der Waals surface area contributed by atoms with Crippen molar-refractivity contribution >= 4 is 29.4 Å². The molecule has 1 aromatic rings. The summed E-state index contributed by atoms with van der Waals surface area (Å²) in [6.07, 6.45) is 5.42. The maximum absolute atomic E-state index is 12.4. The van der Waals surface area contributed by atoms with Crippen molar-refractivity contribution in [3.63, 3.8) is 0 Å². The molecule has 6 heteroatoms. The molecule has 2 rings (SSSR count). The minimum atomic E-state index is -0.178. The third-order valence-electron chi connectivity index (χ3n) is 4.80. The van der Waals surface area contributed by atoms with E-state index in [1.165, 1.54) is 0 Å². The molecule has 1 heterocycles. The predicted octanol–water partition coefficient (Wildman–Crippen LogP) is 3.96. The summed E-state index contributed by atoms with van der Waals surface area (Å²) in [5, 5.41) is 5.92. The standard InChI is InChI=1S/C19H29N3O2S/c1-4-14(5-2)18(23)22-11-9-15(10-12-22)20-19(24)21-16-7-6-8-17(13-16)25-3/h6-8,13-15H,4-5,9-12H2,1-3H3,(H2,20,21,24). The lowest BCUT2D eigenvalue weighted by molar-refractivity contribution is -0.136. The van der Waals surface area contributed by atoms with Crippen molar-refractivity contribution in [1.29, 1.82) is 0 Å². The maximum Gasteiger partial charge on any atom is 0.319 e. The normalized spacial score (nSPS) is 15.3. The summed E-state index contributed by atoms with van der Waals surface area (Å²) in [5.41, 5.74) is 0.797. The number of piperidine rings is 1. The summed E-state index contributed by atoms with van der Waals surface area (Å²) >= 11 is 1.65. The van der Waals surface area contributed by atoms with Crippen LogP contribution < -0.4 is 10.6 Å². The van der Waals surface area contributed by atoms with Gasteiger partial charge in [-0.05, 0) is 50.1 Å². The van der Waals surface area contributed by atoms with Gasteiger partial charge in [0.2, 0.25) is 5.91 Å². The van der Waals surface area contributed by atoms with Gasteiger partial charge in [0.05, 0.1) is 0 Å². The molecule has 0 aliphatic carbocycles. The number of amides is 3. The highest BCUT2D eigenvalue weighted by atomic mass is 32.2. The van der Waals surface area contributed by atoms with E-state index in [0.717, 1.165) is 49.4 Å². The van der Waals surface area contributed by atoms with E-state index in [-0.39, 0.29) is 23.9 Å². The number of rotatable bonds is 6. The fraction of sp³-hybridized carbons (Fsp3) is 0.579. The predicted molar refractivity (Wildman–Crippen MR) is 104 cm³/mol. The Bertz CT molecular complexity index is 582. The first kappa shape index (κ1) is 19.6. The van der Waals surface area contributed by atoms with Crippen molar-refractivity contribution in [2.75, 3.05) is 24.7 Å². The monoisotopic (exact) mass is 363 g/mol. The second-order valence-electron chi connectivity index (χ2n) is 6.44. The Morgan fingerprint density at radius 1 is 1.24 bits per heavy atom. The van der Waals surface area contributed by atoms with Gasteiger partial charge in [0, 0.05) is 35.6 Å². The molecule has 1 fully saturated rings. The molecule has 1 aliphatic heterocycles. The number of thioether (sulfide) groups is 1. The Morgan fingerprint density at radius 3 is 2.52 bits per heavy atom. The minimum absolute atomic E-state index is 0.120. The first-order valence-corrected chi connectivity index (χ1v) is 10.3. The average Bonchev–Trinajstić information content (AvgIpc) is 2.63. The molecule has 5 nitrogen and oxygen atoms in total. The molecule has 1 saturated heterocycles. The molecule has 138 valence electrons. The summed E-state index contributed by atoms with van der Waals surface area (Å²) in [4.78, 5) is 27.7. The van der Waals surface area contributed by atoms with E-state index in [1.54, 1.807) is 11.8 Å². The molecule has 0 aromatic heterocycles. The zero-order valence-electron chi connectivity index (χ0n) is 15.4. The first-order valence-electron chi connectivity index (χ1n) is 9.07. The molecule has 0 spiro atoms. The van der Waals surface area contributed by atoms with E-state index < -0.39 is 0 Å². The number of hydrogen-bond donors (Lipinski definition) is 2. The molecule has 25 heavy (non-hydrogen) atoms. The number of likely N-dealkylation sites (tertiary alicyclic amines) is 1. The molecular formula is C19H29N3O2S. The molecule has 3 amide bonds. The fourth-order valence-corrected chi connectivity index (χ4v) is 3.65. The van der Waals surface area contributed by atoms with Gasteiger partial charge in [-0.3, -0.25) is 4.79 Å². The van der Waals surface area contributed by atoms with Crippen LogP contribution in [-0.2, 0) is 4.79 Å². The topological polar surface area (TPSA) is 61.4 Å². The average molecular weight is 364 g/mol. The molecule has 0 radical (unpaired) electrons. The van der Waals surface area contributed by atoms with E-state index in [2.05, 4.69) is 24.5 Å². The minimum Gasteiger partial charge on any atom is -0.342 e. The summed E-state index contributed by atoms with van der Waals surface area (Å²) in [6.45, 7) is 5.58. The zero-order valence-corrected chi connectivity index (χ0v) is 16.2. The van der Waals surface area contributed by atoms with Gasteiger partial charge in [0.15, 0.2) is 0 Å². The first-order chi connectivity index (χ1) is 12.1. The molecule has 2 N–H and O–H groups in total. The SMILES string of the molecule is CCC(CC)C(=O)N1CCC(NC(=O)Nc2cccc(SC)c2)CC1. The van der Waals surface area contributed by atoms with Crippen LogP contribution in [0.1, 0.15) is 39.5 Å². The van der Waals surface area contributed by atoms with Crippen LogP contribution in [0.4, 0.5) is 10.5 Å². The van der Waals surface area contributed by atoms with Crippen LogP contribution in [0.2, 0.25) is 0 Å². The molecule has 0 atom stereocenters. The number of nitrogens with one attached hydrogen (secondary N) is 2. The number of hydrogen-bond acceptors (Lipinski definition) is 3. The van der Waals surface area contributed by atoms with Gasteiger partial charge in [0.1, 0.15) is 0 Å². The Kier molecular flexibility index (Phi) is 7.62. The summed E-state index contributed by atoms with van der Waals surface area (Å²) in [6, 6.07) is 7.73. The van der Waals surface area contributed by atoms with Crippen molar-refractivity contribution in [3.05, 3.63) is 24.3 Å². The van der Waals surface area contributed by atoms with E-state index in [9.17, 15) is 9.59 Å². The van der Waals surface area contributed by atoms with Crippen LogP contribution in [0.15, 0.2) is 29.2 Å². The Balaban J connectivity index is 1.79. The quantitative estimate of drug-likeness (QED) is 0.752. The van der Waals surface area contributed by atoms with Gasteiger partial charge in [-0.2, -0.15) is 0 Å².